The summed E-state index contributed by atoms with van der Waals surface area (Å²) in [5.74, 6) is 0.220. The van der Waals surface area contributed by atoms with Crippen molar-refractivity contribution in [3.05, 3.63) is 12.3 Å². The number of carbonyl (C=O) groups excluding carboxylic acids is 2. The summed E-state index contributed by atoms with van der Waals surface area (Å²) in [7, 11) is 0. The van der Waals surface area contributed by atoms with Crippen LogP contribution >= 0.6 is 11.6 Å². The molecule has 0 aromatic carbocycles. The highest BCUT2D eigenvalue weighted by atomic mass is 35.5. The van der Waals surface area contributed by atoms with E-state index in [0.29, 0.717) is 50.1 Å². The minimum Gasteiger partial charge on any atom is -0.368 e. The maximum absolute atomic E-state index is 13.6. The van der Waals surface area contributed by atoms with Gasteiger partial charge in [-0.3, -0.25) is 9.59 Å². The van der Waals surface area contributed by atoms with Crippen LogP contribution in [0.1, 0.15) is 38.5 Å². The molecule has 3 aliphatic rings. The first-order valence-electron chi connectivity index (χ1n) is 10.5. The van der Waals surface area contributed by atoms with E-state index >= 15 is 0 Å². The second-order valence-corrected chi connectivity index (χ2v) is 8.85. The smallest absolute Gasteiger partial charge is 0.250 e. The van der Waals surface area contributed by atoms with E-state index < -0.39 is 11.5 Å². The molecule has 0 aromatic heterocycles. The molecule has 1 aliphatic carbocycles. The van der Waals surface area contributed by atoms with Gasteiger partial charge in [0.05, 0.1) is 23.6 Å². The van der Waals surface area contributed by atoms with Gasteiger partial charge in [0, 0.05) is 31.6 Å². The summed E-state index contributed by atoms with van der Waals surface area (Å²) in [5.41, 5.74) is 0.522. The molecule has 0 radical (unpaired) electrons. The average Bonchev–Trinajstić information content (AvgIpc) is 3.16. The molecule has 29 heavy (non-hydrogen) atoms. The fourth-order valence-corrected chi connectivity index (χ4v) is 4.56. The van der Waals surface area contributed by atoms with E-state index in [1.54, 1.807) is 0 Å². The summed E-state index contributed by atoms with van der Waals surface area (Å²) in [6.07, 6.45) is 2.86. The van der Waals surface area contributed by atoms with Gasteiger partial charge in [-0.15, -0.1) is 11.6 Å². The highest BCUT2D eigenvalue weighted by Crippen LogP contribution is 2.28. The summed E-state index contributed by atoms with van der Waals surface area (Å²) >= 11 is 5.85. The van der Waals surface area contributed by atoms with E-state index in [1.807, 2.05) is 0 Å². The lowest BCUT2D eigenvalue weighted by Crippen LogP contribution is -2.52. The number of ether oxygens (including phenoxy) is 1. The van der Waals surface area contributed by atoms with Crippen LogP contribution in [0.4, 0.5) is 4.39 Å². The van der Waals surface area contributed by atoms with Crippen LogP contribution in [0.5, 0.6) is 0 Å². The van der Waals surface area contributed by atoms with Crippen molar-refractivity contribution in [2.75, 3.05) is 26.2 Å². The predicted molar refractivity (Wildman–Crippen MR) is 109 cm³/mol. The summed E-state index contributed by atoms with van der Waals surface area (Å²) < 4.78 is 19.1. The second-order valence-electron chi connectivity index (χ2n) is 8.29. The minimum atomic E-state index is -1.09. The quantitative estimate of drug-likeness (QED) is 0.434. The average molecular weight is 431 g/mol. The maximum atomic E-state index is 13.6. The molecule has 0 aromatic rings. The molecule has 6 atom stereocenters. The maximum Gasteiger partial charge on any atom is 0.250 e. The molecular formula is C20H32ClFN4O3. The summed E-state index contributed by atoms with van der Waals surface area (Å²) in [6.45, 7) is 5.79. The Bertz CT molecular complexity index is 608. The first kappa shape index (κ1) is 22.5. The lowest BCUT2D eigenvalue weighted by Gasteiger charge is -2.32. The van der Waals surface area contributed by atoms with Gasteiger partial charge in [0.1, 0.15) is 12.8 Å². The summed E-state index contributed by atoms with van der Waals surface area (Å²) in [4.78, 5) is 24.3. The zero-order valence-electron chi connectivity index (χ0n) is 16.7. The molecule has 1 saturated carbocycles. The Kier molecular flexibility index (Phi) is 8.29. The Morgan fingerprint density at radius 1 is 1.21 bits per heavy atom. The molecule has 7 nitrogen and oxygen atoms in total. The number of piperidine rings is 1. The Balaban J connectivity index is 1.26. The van der Waals surface area contributed by atoms with Crippen LogP contribution in [0.2, 0.25) is 0 Å². The fraction of sp³-hybridized carbons (Fsp3) is 0.800. The van der Waals surface area contributed by atoms with E-state index in [0.717, 1.165) is 19.4 Å². The van der Waals surface area contributed by atoms with Crippen molar-refractivity contribution in [3.63, 3.8) is 0 Å². The third kappa shape index (κ3) is 6.64. The molecule has 2 saturated heterocycles. The van der Waals surface area contributed by atoms with Crippen molar-refractivity contribution >= 4 is 23.4 Å². The normalized spacial score (nSPS) is 34.3. The molecule has 4 N–H and O–H groups in total. The van der Waals surface area contributed by atoms with Crippen molar-refractivity contribution in [2.24, 2.45) is 11.8 Å². The Labute approximate surface area is 176 Å². The van der Waals surface area contributed by atoms with Crippen LogP contribution in [-0.2, 0) is 14.3 Å². The number of alkyl halides is 2. The van der Waals surface area contributed by atoms with Crippen LogP contribution in [-0.4, -0.2) is 61.9 Å². The van der Waals surface area contributed by atoms with Crippen LogP contribution in [0.3, 0.4) is 0 Å². The largest absolute Gasteiger partial charge is 0.368 e. The Morgan fingerprint density at radius 3 is 2.83 bits per heavy atom. The lowest BCUT2D eigenvalue weighted by molar-refractivity contribution is -0.128. The lowest BCUT2D eigenvalue weighted by atomic mass is 9.87. The van der Waals surface area contributed by atoms with Gasteiger partial charge < -0.3 is 26.0 Å². The van der Waals surface area contributed by atoms with E-state index in [9.17, 15) is 14.0 Å². The predicted octanol–water partition coefficient (Wildman–Crippen LogP) is 1.18. The van der Waals surface area contributed by atoms with Gasteiger partial charge in [-0.05, 0) is 38.1 Å². The molecule has 2 amide bonds. The van der Waals surface area contributed by atoms with Gasteiger partial charge in [-0.25, -0.2) is 4.39 Å². The van der Waals surface area contributed by atoms with Gasteiger partial charge in [-0.2, -0.15) is 0 Å². The van der Waals surface area contributed by atoms with Crippen molar-refractivity contribution in [3.8, 4) is 0 Å². The Morgan fingerprint density at radius 2 is 2.03 bits per heavy atom. The van der Waals surface area contributed by atoms with Crippen LogP contribution in [0.15, 0.2) is 12.3 Å². The highest BCUT2D eigenvalue weighted by molar-refractivity contribution is 6.21. The molecule has 2 heterocycles. The third-order valence-corrected chi connectivity index (χ3v) is 6.52. The van der Waals surface area contributed by atoms with Crippen LogP contribution < -0.4 is 21.3 Å². The van der Waals surface area contributed by atoms with Gasteiger partial charge in [0.15, 0.2) is 0 Å². The molecular weight excluding hydrogens is 399 g/mol. The molecule has 2 aliphatic heterocycles. The zero-order chi connectivity index (χ0) is 20.8. The Hall–Kier alpha value is -1.22. The molecule has 0 spiro atoms. The number of nitrogens with one attached hydrogen (secondary N) is 4. The summed E-state index contributed by atoms with van der Waals surface area (Å²) in [5, 5.41) is 11.9. The van der Waals surface area contributed by atoms with E-state index in [1.165, 1.54) is 0 Å². The van der Waals surface area contributed by atoms with Crippen molar-refractivity contribution in [1.82, 2.24) is 21.3 Å². The summed E-state index contributed by atoms with van der Waals surface area (Å²) in [6, 6.07) is 0. The van der Waals surface area contributed by atoms with Crippen molar-refractivity contribution < 1.29 is 18.7 Å². The second kappa shape index (κ2) is 10.7. The SMILES string of the molecule is C=C(CCNC(=O)C1CNC2NCCC2C1)NC(=O)COC1CCC(Cl)C(F)C1. The number of amides is 2. The fourth-order valence-electron chi connectivity index (χ4n) is 4.33. The van der Waals surface area contributed by atoms with E-state index in [2.05, 4.69) is 27.8 Å². The van der Waals surface area contributed by atoms with E-state index in [4.69, 9.17) is 16.3 Å². The molecule has 3 fully saturated rings. The zero-order valence-corrected chi connectivity index (χ0v) is 17.5. The number of rotatable bonds is 8. The van der Waals surface area contributed by atoms with Gasteiger partial charge in [-0.1, -0.05) is 6.58 Å². The van der Waals surface area contributed by atoms with Gasteiger partial charge in [0.2, 0.25) is 11.8 Å². The molecule has 0 bridgehead atoms. The van der Waals surface area contributed by atoms with Crippen LogP contribution in [0.25, 0.3) is 0 Å². The number of carbonyl (C=O) groups is 2. The molecule has 3 rings (SSSR count). The number of fused-ring (bicyclic) bond motifs is 1. The number of hydrogen-bond acceptors (Lipinski definition) is 5. The van der Waals surface area contributed by atoms with Crippen molar-refractivity contribution in [2.45, 2.75) is 62.3 Å². The number of halogens is 2. The molecule has 164 valence electrons. The van der Waals surface area contributed by atoms with Crippen LogP contribution in [0, 0.1) is 11.8 Å². The first-order valence-corrected chi connectivity index (χ1v) is 11.0. The van der Waals surface area contributed by atoms with Gasteiger partial charge >= 0.3 is 0 Å². The first-order chi connectivity index (χ1) is 13.9. The minimum absolute atomic E-state index is 0.0187. The van der Waals surface area contributed by atoms with Gasteiger partial charge in [0.25, 0.3) is 0 Å². The van der Waals surface area contributed by atoms with E-state index in [-0.39, 0.29) is 36.9 Å². The molecule has 9 heteroatoms. The highest BCUT2D eigenvalue weighted by Gasteiger charge is 2.36. The number of hydrogen-bond donors (Lipinski definition) is 4. The standard InChI is InChI=1S/C20H32ClFN4O3/c1-12(26-18(27)11-29-15-2-3-16(21)17(22)9-15)4-6-24-20(28)14-8-13-5-7-23-19(13)25-10-14/h13-17,19,23,25H,1-11H2,(H,24,28)(H,26,27). The van der Waals surface area contributed by atoms with Crippen molar-refractivity contribution in [1.29, 1.82) is 0 Å². The monoisotopic (exact) mass is 430 g/mol. The topological polar surface area (TPSA) is 91.5 Å². The molecule has 6 unspecified atom stereocenters. The third-order valence-electron chi connectivity index (χ3n) is 6.03.